The number of pyridine rings is 1. The minimum atomic E-state index is -1.05. The van der Waals surface area contributed by atoms with Gasteiger partial charge in [0.15, 0.2) is 17.4 Å². The molecule has 0 atom stereocenters. The molecule has 6 heteroatoms. The number of ketones is 1. The van der Waals surface area contributed by atoms with E-state index in [-0.39, 0.29) is 5.56 Å². The molecule has 0 aliphatic heterocycles. The molecule has 2 aromatic carbocycles. The van der Waals surface area contributed by atoms with Crippen molar-refractivity contribution in [3.8, 4) is 11.3 Å². The Morgan fingerprint density at radius 3 is 2.57 bits per heavy atom. The number of carbonyl (C=O) groups excluding carboxylic acids is 1. The van der Waals surface area contributed by atoms with Gasteiger partial charge in [0.2, 0.25) is 0 Å². The zero-order valence-corrected chi connectivity index (χ0v) is 15.9. The van der Waals surface area contributed by atoms with Crippen LogP contribution in [0.3, 0.4) is 0 Å². The molecule has 0 bridgehead atoms. The number of aromatic nitrogens is 3. The van der Waals surface area contributed by atoms with Crippen molar-refractivity contribution in [2.75, 3.05) is 0 Å². The fraction of sp³-hybridized carbons (Fsp3) is 0.0417. The first kappa shape index (κ1) is 19.4. The molecule has 0 saturated heterocycles. The third-order valence-corrected chi connectivity index (χ3v) is 4.53. The first-order chi connectivity index (χ1) is 14.6. The fourth-order valence-corrected chi connectivity index (χ4v) is 3.05. The molecular formula is C24H17F2N3O. The molecule has 30 heavy (non-hydrogen) atoms. The lowest BCUT2D eigenvalue weighted by molar-refractivity contribution is 0.104. The molecule has 0 radical (unpaired) electrons. The summed E-state index contributed by atoms with van der Waals surface area (Å²) in [5.41, 5.74) is 3.36. The molecule has 0 unspecified atom stereocenters. The van der Waals surface area contributed by atoms with Crippen molar-refractivity contribution in [3.63, 3.8) is 0 Å². The molecule has 0 N–H and O–H groups in total. The Morgan fingerprint density at radius 2 is 1.83 bits per heavy atom. The lowest BCUT2D eigenvalue weighted by Crippen LogP contribution is -2.00. The highest BCUT2D eigenvalue weighted by molar-refractivity contribution is 6.07. The van der Waals surface area contributed by atoms with Gasteiger partial charge in [0.25, 0.3) is 0 Å². The summed E-state index contributed by atoms with van der Waals surface area (Å²) in [5.74, 6) is -2.47. The zero-order chi connectivity index (χ0) is 20.9. The van der Waals surface area contributed by atoms with Crippen LogP contribution < -0.4 is 0 Å². The summed E-state index contributed by atoms with van der Waals surface area (Å²) in [7, 11) is 0. The number of halogens is 2. The van der Waals surface area contributed by atoms with Crippen molar-refractivity contribution in [1.29, 1.82) is 0 Å². The Hall–Kier alpha value is -3.93. The third-order valence-electron chi connectivity index (χ3n) is 4.53. The maximum Gasteiger partial charge on any atom is 0.185 e. The van der Waals surface area contributed by atoms with Crippen molar-refractivity contribution in [2.45, 2.75) is 6.54 Å². The smallest absolute Gasteiger partial charge is 0.185 e. The lowest BCUT2D eigenvalue weighted by Gasteiger charge is -2.01. The molecule has 4 aromatic rings. The highest BCUT2D eigenvalue weighted by atomic mass is 19.2. The molecule has 4 rings (SSSR count). The van der Waals surface area contributed by atoms with Crippen LogP contribution in [-0.4, -0.2) is 20.5 Å². The van der Waals surface area contributed by atoms with Gasteiger partial charge in [-0.25, -0.2) is 8.78 Å². The highest BCUT2D eigenvalue weighted by Crippen LogP contribution is 2.23. The van der Waals surface area contributed by atoms with Gasteiger partial charge in [0.05, 0.1) is 6.54 Å². The Morgan fingerprint density at radius 1 is 1.00 bits per heavy atom. The summed E-state index contributed by atoms with van der Waals surface area (Å²) in [6.07, 6.45) is 8.16. The Bertz CT molecular complexity index is 1200. The van der Waals surface area contributed by atoms with Gasteiger partial charge in [-0.05, 0) is 48.0 Å². The standard InChI is InChI=1S/C24H17F2N3O/c25-21-10-8-18(13-22(21)26)23(30)11-9-20-16-29(15-17-5-2-1-3-6-17)28-24(20)19-7-4-12-27-14-19/h1-14,16H,15H2/b11-9+. The second-order valence-corrected chi connectivity index (χ2v) is 6.68. The van der Waals surface area contributed by atoms with Gasteiger partial charge in [0.1, 0.15) is 5.69 Å². The number of rotatable bonds is 6. The van der Waals surface area contributed by atoms with Gasteiger partial charge in [0, 0.05) is 35.3 Å². The van der Waals surface area contributed by atoms with Crippen LogP contribution >= 0.6 is 0 Å². The molecule has 2 aromatic heterocycles. The zero-order valence-electron chi connectivity index (χ0n) is 15.9. The van der Waals surface area contributed by atoms with Crippen LogP contribution in [0.4, 0.5) is 8.78 Å². The molecule has 0 saturated carbocycles. The fourth-order valence-electron chi connectivity index (χ4n) is 3.05. The first-order valence-corrected chi connectivity index (χ1v) is 9.29. The predicted molar refractivity (Wildman–Crippen MR) is 111 cm³/mol. The van der Waals surface area contributed by atoms with Gasteiger partial charge in [-0.2, -0.15) is 5.10 Å². The molecule has 0 amide bonds. The minimum Gasteiger partial charge on any atom is -0.289 e. The number of benzene rings is 2. The number of nitrogens with zero attached hydrogens (tertiary/aromatic N) is 3. The van der Waals surface area contributed by atoms with Crippen LogP contribution in [0.15, 0.2) is 85.3 Å². The molecule has 0 spiro atoms. The maximum absolute atomic E-state index is 13.4. The molecule has 0 fully saturated rings. The van der Waals surface area contributed by atoms with E-state index in [0.29, 0.717) is 12.2 Å². The number of carbonyl (C=O) groups is 1. The lowest BCUT2D eigenvalue weighted by atomic mass is 10.1. The molecule has 0 aliphatic rings. The summed E-state index contributed by atoms with van der Waals surface area (Å²) < 4.78 is 28.3. The monoisotopic (exact) mass is 401 g/mol. The van der Waals surface area contributed by atoms with Crippen molar-refractivity contribution in [3.05, 3.63) is 114 Å². The number of allylic oxidation sites excluding steroid dienone is 1. The van der Waals surface area contributed by atoms with Crippen molar-refractivity contribution in [2.24, 2.45) is 0 Å². The quantitative estimate of drug-likeness (QED) is 0.331. The molecule has 4 nitrogen and oxygen atoms in total. The number of hydrogen-bond donors (Lipinski definition) is 0. The van der Waals surface area contributed by atoms with Crippen LogP contribution in [0.1, 0.15) is 21.5 Å². The van der Waals surface area contributed by atoms with E-state index in [1.807, 2.05) is 48.7 Å². The van der Waals surface area contributed by atoms with E-state index in [4.69, 9.17) is 0 Å². The van der Waals surface area contributed by atoms with Gasteiger partial charge < -0.3 is 0 Å². The van der Waals surface area contributed by atoms with E-state index >= 15 is 0 Å². The molecule has 0 aliphatic carbocycles. The summed E-state index contributed by atoms with van der Waals surface area (Å²) in [6.45, 7) is 0.569. The Labute approximate surface area is 172 Å². The van der Waals surface area contributed by atoms with Crippen LogP contribution in [0.25, 0.3) is 17.3 Å². The van der Waals surface area contributed by atoms with E-state index in [1.165, 1.54) is 12.1 Å². The first-order valence-electron chi connectivity index (χ1n) is 9.29. The topological polar surface area (TPSA) is 47.8 Å². The minimum absolute atomic E-state index is 0.0738. The molecule has 148 valence electrons. The van der Waals surface area contributed by atoms with Crippen LogP contribution in [0, 0.1) is 11.6 Å². The Balaban J connectivity index is 1.66. The van der Waals surface area contributed by atoms with Gasteiger partial charge in [-0.1, -0.05) is 30.3 Å². The van der Waals surface area contributed by atoms with Crippen LogP contribution in [0.5, 0.6) is 0 Å². The van der Waals surface area contributed by atoms with Crippen LogP contribution in [-0.2, 0) is 6.54 Å². The Kier molecular flexibility index (Phi) is 5.57. The molecular weight excluding hydrogens is 384 g/mol. The maximum atomic E-state index is 13.4. The van der Waals surface area contributed by atoms with E-state index in [9.17, 15) is 13.6 Å². The second kappa shape index (κ2) is 8.61. The van der Waals surface area contributed by atoms with Crippen molar-refractivity contribution >= 4 is 11.9 Å². The van der Waals surface area contributed by atoms with E-state index in [2.05, 4.69) is 10.1 Å². The largest absolute Gasteiger partial charge is 0.289 e. The summed E-state index contributed by atoms with van der Waals surface area (Å²) >= 11 is 0. The summed E-state index contributed by atoms with van der Waals surface area (Å²) in [4.78, 5) is 16.6. The van der Waals surface area contributed by atoms with E-state index in [0.717, 1.165) is 28.8 Å². The SMILES string of the molecule is O=C(/C=C/c1cn(Cc2ccccc2)nc1-c1cccnc1)c1ccc(F)c(F)c1. The average molecular weight is 401 g/mol. The van der Waals surface area contributed by atoms with Crippen LogP contribution in [0.2, 0.25) is 0 Å². The average Bonchev–Trinajstić information content (AvgIpc) is 3.18. The normalized spacial score (nSPS) is 11.1. The van der Waals surface area contributed by atoms with Gasteiger partial charge >= 0.3 is 0 Å². The summed E-state index contributed by atoms with van der Waals surface area (Å²) in [5, 5.41) is 4.66. The molecule has 2 heterocycles. The third kappa shape index (κ3) is 4.38. The summed E-state index contributed by atoms with van der Waals surface area (Å²) in [6, 6.07) is 16.7. The number of hydrogen-bond acceptors (Lipinski definition) is 3. The van der Waals surface area contributed by atoms with Crippen molar-refractivity contribution < 1.29 is 13.6 Å². The van der Waals surface area contributed by atoms with E-state index < -0.39 is 17.4 Å². The van der Waals surface area contributed by atoms with Gasteiger partial charge in [-0.15, -0.1) is 0 Å². The second-order valence-electron chi connectivity index (χ2n) is 6.68. The highest BCUT2D eigenvalue weighted by Gasteiger charge is 2.12. The van der Waals surface area contributed by atoms with Gasteiger partial charge in [-0.3, -0.25) is 14.5 Å². The van der Waals surface area contributed by atoms with E-state index in [1.54, 1.807) is 23.2 Å². The predicted octanol–water partition coefficient (Wildman–Crippen LogP) is 5.17. The van der Waals surface area contributed by atoms with Crippen molar-refractivity contribution in [1.82, 2.24) is 14.8 Å².